The van der Waals surface area contributed by atoms with E-state index in [-0.39, 0.29) is 5.91 Å². The molecule has 1 amide bonds. The summed E-state index contributed by atoms with van der Waals surface area (Å²) in [4.78, 5) is 12.9. The van der Waals surface area contributed by atoms with Crippen LogP contribution in [0.25, 0.3) is 0 Å². The minimum atomic E-state index is -3.69. The Morgan fingerprint density at radius 2 is 1.77 bits per heavy atom. The molecule has 2 aromatic carbocycles. The number of hydrogen-bond donors (Lipinski definition) is 1. The maximum Gasteiger partial charge on any atom is 0.248 e. The molecule has 0 aliphatic rings. The summed E-state index contributed by atoms with van der Waals surface area (Å²) in [5.74, 6) is -0.386. The van der Waals surface area contributed by atoms with Crippen LogP contribution in [0.3, 0.4) is 0 Å². The number of halogens is 1. The molecule has 0 saturated heterocycles. The predicted octanol–water partition coefficient (Wildman–Crippen LogP) is 4.14. The van der Waals surface area contributed by atoms with Gasteiger partial charge in [0, 0.05) is 10.7 Å². The van der Waals surface area contributed by atoms with E-state index in [4.69, 9.17) is 11.6 Å². The van der Waals surface area contributed by atoms with Gasteiger partial charge in [0.1, 0.15) is 6.04 Å². The van der Waals surface area contributed by atoms with Crippen LogP contribution in [-0.2, 0) is 14.8 Å². The number of carbonyl (C=O) groups is 1. The van der Waals surface area contributed by atoms with Gasteiger partial charge in [-0.1, -0.05) is 30.7 Å². The summed E-state index contributed by atoms with van der Waals surface area (Å²) in [5.41, 5.74) is 3.04. The molecular weight excluding hydrogens is 372 g/mol. The van der Waals surface area contributed by atoms with Crippen LogP contribution in [0.4, 0.5) is 11.4 Å². The molecule has 1 atom stereocenters. The number of nitrogens with one attached hydrogen (secondary N) is 1. The van der Waals surface area contributed by atoms with Gasteiger partial charge in [0.15, 0.2) is 0 Å². The number of hydrogen-bond acceptors (Lipinski definition) is 3. The zero-order valence-corrected chi connectivity index (χ0v) is 16.9. The molecule has 0 heterocycles. The van der Waals surface area contributed by atoms with Gasteiger partial charge < -0.3 is 5.32 Å². The summed E-state index contributed by atoms with van der Waals surface area (Å²) >= 11 is 6.01. The second-order valence-corrected chi connectivity index (χ2v) is 8.62. The molecule has 0 bridgehead atoms. The average molecular weight is 395 g/mol. The van der Waals surface area contributed by atoms with Crippen LogP contribution in [0.2, 0.25) is 5.02 Å². The standard InChI is InChI=1S/C19H23ClN2O3S/c1-5-18(19(23)21-16-10-13(2)9-14(3)11-16)22(26(4,24)25)17-8-6-7-15(20)12-17/h6-12,18H,5H2,1-4H3,(H,21,23)/t18-/m0/s1. The van der Waals surface area contributed by atoms with Crippen molar-refractivity contribution in [1.29, 1.82) is 0 Å². The van der Waals surface area contributed by atoms with Crippen LogP contribution in [0, 0.1) is 13.8 Å². The normalized spacial score (nSPS) is 12.5. The molecule has 0 radical (unpaired) electrons. The molecule has 0 saturated carbocycles. The van der Waals surface area contributed by atoms with Gasteiger partial charge in [0.05, 0.1) is 11.9 Å². The lowest BCUT2D eigenvalue weighted by atomic mass is 10.1. The van der Waals surface area contributed by atoms with Crippen LogP contribution in [-0.4, -0.2) is 26.6 Å². The second kappa shape index (κ2) is 8.10. The number of carbonyl (C=O) groups excluding carboxylic acids is 1. The van der Waals surface area contributed by atoms with E-state index in [2.05, 4.69) is 5.32 Å². The fraction of sp³-hybridized carbons (Fsp3) is 0.316. The van der Waals surface area contributed by atoms with Crippen molar-refractivity contribution >= 4 is 38.9 Å². The third-order valence-corrected chi connectivity index (χ3v) is 5.30. The van der Waals surface area contributed by atoms with Crippen LogP contribution < -0.4 is 9.62 Å². The van der Waals surface area contributed by atoms with Crippen molar-refractivity contribution < 1.29 is 13.2 Å². The fourth-order valence-electron chi connectivity index (χ4n) is 2.95. The van der Waals surface area contributed by atoms with Crippen molar-refractivity contribution in [3.05, 3.63) is 58.6 Å². The second-order valence-electron chi connectivity index (χ2n) is 6.33. The monoisotopic (exact) mass is 394 g/mol. The number of nitrogens with zero attached hydrogens (tertiary/aromatic N) is 1. The van der Waals surface area contributed by atoms with Gasteiger partial charge in [-0.2, -0.15) is 0 Å². The van der Waals surface area contributed by atoms with Gasteiger partial charge in [-0.05, 0) is 61.7 Å². The number of sulfonamides is 1. The Labute approximate surface area is 160 Å². The lowest BCUT2D eigenvalue weighted by molar-refractivity contribution is -0.117. The molecule has 7 heteroatoms. The van der Waals surface area contributed by atoms with Gasteiger partial charge in [-0.3, -0.25) is 9.10 Å². The third-order valence-electron chi connectivity index (χ3n) is 3.88. The Morgan fingerprint density at radius 1 is 1.15 bits per heavy atom. The van der Waals surface area contributed by atoms with Gasteiger partial charge in [-0.25, -0.2) is 8.42 Å². The Bertz CT molecular complexity index is 893. The first-order valence-electron chi connectivity index (χ1n) is 8.26. The van der Waals surface area contributed by atoms with Gasteiger partial charge in [0.25, 0.3) is 0 Å². The average Bonchev–Trinajstić information content (AvgIpc) is 2.49. The zero-order valence-electron chi connectivity index (χ0n) is 15.3. The molecular formula is C19H23ClN2O3S. The van der Waals surface area contributed by atoms with Gasteiger partial charge >= 0.3 is 0 Å². The smallest absolute Gasteiger partial charge is 0.248 e. The lowest BCUT2D eigenvalue weighted by Crippen LogP contribution is -2.47. The SMILES string of the molecule is CC[C@@H](C(=O)Nc1cc(C)cc(C)c1)N(c1cccc(Cl)c1)S(C)(=O)=O. The summed E-state index contributed by atoms with van der Waals surface area (Å²) in [5, 5.41) is 3.24. The van der Waals surface area contributed by atoms with E-state index < -0.39 is 16.1 Å². The zero-order chi connectivity index (χ0) is 19.5. The molecule has 0 aromatic heterocycles. The number of amides is 1. The number of anilines is 2. The highest BCUT2D eigenvalue weighted by molar-refractivity contribution is 7.92. The van der Waals surface area contributed by atoms with E-state index in [9.17, 15) is 13.2 Å². The van der Waals surface area contributed by atoms with Crippen LogP contribution in [0.5, 0.6) is 0 Å². The molecule has 2 rings (SSSR count). The minimum Gasteiger partial charge on any atom is -0.324 e. The van der Waals surface area contributed by atoms with E-state index in [0.717, 1.165) is 21.7 Å². The Hall–Kier alpha value is -2.05. The van der Waals surface area contributed by atoms with E-state index in [1.54, 1.807) is 25.1 Å². The largest absolute Gasteiger partial charge is 0.324 e. The lowest BCUT2D eigenvalue weighted by Gasteiger charge is -2.30. The highest BCUT2D eigenvalue weighted by Crippen LogP contribution is 2.26. The van der Waals surface area contributed by atoms with E-state index in [1.807, 2.05) is 32.0 Å². The molecule has 0 unspecified atom stereocenters. The van der Waals surface area contributed by atoms with Crippen molar-refractivity contribution in [2.24, 2.45) is 0 Å². The molecule has 1 N–H and O–H groups in total. The fourth-order valence-corrected chi connectivity index (χ4v) is 4.33. The Kier molecular flexibility index (Phi) is 6.31. The van der Waals surface area contributed by atoms with E-state index in [0.29, 0.717) is 22.8 Å². The molecule has 0 aliphatic carbocycles. The first kappa shape index (κ1) is 20.3. The van der Waals surface area contributed by atoms with Crippen molar-refractivity contribution in [2.45, 2.75) is 33.2 Å². The Morgan fingerprint density at radius 3 is 2.27 bits per heavy atom. The van der Waals surface area contributed by atoms with Crippen molar-refractivity contribution in [2.75, 3.05) is 15.9 Å². The number of rotatable bonds is 6. The molecule has 0 spiro atoms. The maximum atomic E-state index is 12.9. The first-order chi connectivity index (χ1) is 12.1. The molecule has 140 valence electrons. The summed E-state index contributed by atoms with van der Waals surface area (Å²) < 4.78 is 25.9. The maximum absolute atomic E-state index is 12.9. The minimum absolute atomic E-state index is 0.316. The summed E-state index contributed by atoms with van der Waals surface area (Å²) in [6.07, 6.45) is 1.40. The van der Waals surface area contributed by atoms with Crippen molar-refractivity contribution in [3.8, 4) is 0 Å². The van der Waals surface area contributed by atoms with E-state index in [1.165, 1.54) is 6.07 Å². The number of aryl methyl sites for hydroxylation is 2. The van der Waals surface area contributed by atoms with Crippen LogP contribution in [0.1, 0.15) is 24.5 Å². The highest BCUT2D eigenvalue weighted by atomic mass is 35.5. The summed E-state index contributed by atoms with van der Waals surface area (Å²) in [6, 6.07) is 11.3. The van der Waals surface area contributed by atoms with Crippen LogP contribution in [0.15, 0.2) is 42.5 Å². The molecule has 0 aliphatic heterocycles. The third kappa shape index (κ3) is 4.99. The first-order valence-corrected chi connectivity index (χ1v) is 10.5. The topological polar surface area (TPSA) is 66.5 Å². The van der Waals surface area contributed by atoms with Crippen molar-refractivity contribution in [1.82, 2.24) is 0 Å². The summed E-state index contributed by atoms with van der Waals surface area (Å²) in [6.45, 7) is 5.65. The molecule has 2 aromatic rings. The number of benzene rings is 2. The van der Waals surface area contributed by atoms with Gasteiger partial charge in [-0.15, -0.1) is 0 Å². The summed E-state index contributed by atoms with van der Waals surface area (Å²) in [7, 11) is -3.69. The Balaban J connectivity index is 2.39. The molecule has 0 fully saturated rings. The quantitative estimate of drug-likeness (QED) is 0.800. The molecule has 26 heavy (non-hydrogen) atoms. The predicted molar refractivity (Wildman–Crippen MR) is 107 cm³/mol. The van der Waals surface area contributed by atoms with Crippen molar-refractivity contribution in [3.63, 3.8) is 0 Å². The molecule has 5 nitrogen and oxygen atoms in total. The van der Waals surface area contributed by atoms with E-state index >= 15 is 0 Å². The van der Waals surface area contributed by atoms with Crippen LogP contribution >= 0.6 is 11.6 Å². The van der Waals surface area contributed by atoms with Gasteiger partial charge in [0.2, 0.25) is 15.9 Å². The highest BCUT2D eigenvalue weighted by Gasteiger charge is 2.31.